The molecule has 31 heavy (non-hydrogen) atoms. The number of hydrogen-bond donors (Lipinski definition) is 1. The van der Waals surface area contributed by atoms with Crippen LogP contribution in [0.2, 0.25) is 0 Å². The number of hydrogen-bond acceptors (Lipinski definition) is 5. The maximum atomic E-state index is 10.0. The summed E-state index contributed by atoms with van der Waals surface area (Å²) < 4.78 is 23.7. The van der Waals surface area contributed by atoms with Crippen LogP contribution in [-0.2, 0) is 27.4 Å². The first kappa shape index (κ1) is 23.5. The Kier molecular flexibility index (Phi) is 9.56. The molecule has 0 bridgehead atoms. The number of benzene rings is 2. The zero-order valence-corrected chi connectivity index (χ0v) is 18.5. The van der Waals surface area contributed by atoms with E-state index in [1.807, 2.05) is 42.5 Å². The largest absolute Gasteiger partial charge is 0.497 e. The van der Waals surface area contributed by atoms with E-state index in [2.05, 4.69) is 25.1 Å². The molecule has 5 nitrogen and oxygen atoms in total. The molecule has 168 valence electrons. The lowest BCUT2D eigenvalue weighted by molar-refractivity contribution is -0.139. The molecule has 0 fully saturated rings. The molecular formula is C26H34O5. The van der Waals surface area contributed by atoms with Crippen molar-refractivity contribution >= 4 is 0 Å². The zero-order chi connectivity index (χ0) is 21.9. The molecule has 0 saturated carbocycles. The highest BCUT2D eigenvalue weighted by molar-refractivity contribution is 5.26. The summed E-state index contributed by atoms with van der Waals surface area (Å²) in [5.41, 5.74) is 3.48. The summed E-state index contributed by atoms with van der Waals surface area (Å²) in [7, 11) is 1.65. The van der Waals surface area contributed by atoms with Gasteiger partial charge in [-0.05, 0) is 49.4 Å². The van der Waals surface area contributed by atoms with Crippen LogP contribution in [0.3, 0.4) is 0 Å². The van der Waals surface area contributed by atoms with Crippen LogP contribution in [0.4, 0.5) is 0 Å². The van der Waals surface area contributed by atoms with Crippen molar-refractivity contribution in [2.75, 3.05) is 20.3 Å². The Hall–Kier alpha value is -2.18. The lowest BCUT2D eigenvalue weighted by atomic mass is 10.1. The van der Waals surface area contributed by atoms with E-state index >= 15 is 0 Å². The number of methoxy groups -OCH3 is 1. The average Bonchev–Trinajstić information content (AvgIpc) is 2.87. The molecule has 2 aromatic carbocycles. The van der Waals surface area contributed by atoms with Gasteiger partial charge in [-0.2, -0.15) is 0 Å². The van der Waals surface area contributed by atoms with Crippen LogP contribution in [0.1, 0.15) is 37.3 Å². The standard InChI is InChI=1S/C26H34O5/c1-20-7-6-10-25(30-18-22-11-13-23(28-2)14-12-22)26(16-27)31-24(15-20)19-29-17-21-8-4-3-5-9-21/h3-5,7-9,11-14,24-27H,6,10,15-19H2,1-2H3/b20-7-/t24-,25-,26-/m1/s1. The van der Waals surface area contributed by atoms with Gasteiger partial charge in [-0.1, -0.05) is 54.1 Å². The molecule has 5 heteroatoms. The molecular weight excluding hydrogens is 392 g/mol. The summed E-state index contributed by atoms with van der Waals surface area (Å²) in [6, 6.07) is 18.0. The summed E-state index contributed by atoms with van der Waals surface area (Å²) in [6.07, 6.45) is 4.04. The average molecular weight is 427 g/mol. The second-order valence-corrected chi connectivity index (χ2v) is 8.01. The summed E-state index contributed by atoms with van der Waals surface area (Å²) >= 11 is 0. The molecule has 0 unspecified atom stereocenters. The second-order valence-electron chi connectivity index (χ2n) is 8.01. The van der Waals surface area contributed by atoms with E-state index in [0.29, 0.717) is 19.8 Å². The van der Waals surface area contributed by atoms with Crippen molar-refractivity contribution < 1.29 is 24.1 Å². The molecule has 1 heterocycles. The molecule has 2 aromatic rings. The Labute approximate surface area is 185 Å². The lowest BCUT2D eigenvalue weighted by Crippen LogP contribution is -2.38. The third-order valence-corrected chi connectivity index (χ3v) is 5.49. The van der Waals surface area contributed by atoms with Crippen molar-refractivity contribution in [2.45, 2.75) is 57.7 Å². The molecule has 0 aromatic heterocycles. The number of ether oxygens (including phenoxy) is 4. The number of aliphatic hydroxyl groups is 1. The van der Waals surface area contributed by atoms with Crippen molar-refractivity contribution in [1.82, 2.24) is 0 Å². The summed E-state index contributed by atoms with van der Waals surface area (Å²) in [6.45, 7) is 3.53. The van der Waals surface area contributed by atoms with Crippen molar-refractivity contribution in [3.63, 3.8) is 0 Å². The van der Waals surface area contributed by atoms with E-state index in [1.54, 1.807) is 7.11 Å². The maximum absolute atomic E-state index is 10.0. The topological polar surface area (TPSA) is 57.2 Å². The first-order valence-electron chi connectivity index (χ1n) is 11.0. The van der Waals surface area contributed by atoms with Crippen LogP contribution >= 0.6 is 0 Å². The Morgan fingerprint density at radius 3 is 2.45 bits per heavy atom. The second kappa shape index (κ2) is 12.6. The Morgan fingerprint density at radius 1 is 1.00 bits per heavy atom. The van der Waals surface area contributed by atoms with Gasteiger partial charge in [0.1, 0.15) is 11.9 Å². The molecule has 0 saturated heterocycles. The minimum atomic E-state index is -0.386. The predicted octanol–water partition coefficient (Wildman–Crippen LogP) is 4.67. The molecule has 3 rings (SSSR count). The Balaban J connectivity index is 1.58. The highest BCUT2D eigenvalue weighted by Gasteiger charge is 2.27. The van der Waals surface area contributed by atoms with Gasteiger partial charge in [-0.3, -0.25) is 0 Å². The predicted molar refractivity (Wildman–Crippen MR) is 121 cm³/mol. The molecule has 3 atom stereocenters. The van der Waals surface area contributed by atoms with Gasteiger partial charge in [0.25, 0.3) is 0 Å². The molecule has 1 N–H and O–H groups in total. The smallest absolute Gasteiger partial charge is 0.118 e. The highest BCUT2D eigenvalue weighted by Crippen LogP contribution is 2.22. The fraction of sp³-hybridized carbons (Fsp3) is 0.462. The lowest BCUT2D eigenvalue weighted by Gasteiger charge is -2.29. The van der Waals surface area contributed by atoms with Crippen molar-refractivity contribution in [3.05, 3.63) is 77.4 Å². The van der Waals surface area contributed by atoms with Gasteiger partial charge in [0.15, 0.2) is 0 Å². The van der Waals surface area contributed by atoms with Gasteiger partial charge >= 0.3 is 0 Å². The van der Waals surface area contributed by atoms with Gasteiger partial charge in [-0.25, -0.2) is 0 Å². The third-order valence-electron chi connectivity index (χ3n) is 5.49. The SMILES string of the molecule is COc1ccc(CO[C@@H]2CC/C=C(/C)C[C@H](COCc3ccccc3)O[C@@H]2CO)cc1. The highest BCUT2D eigenvalue weighted by atomic mass is 16.6. The van der Waals surface area contributed by atoms with Gasteiger partial charge < -0.3 is 24.1 Å². The molecule has 0 spiro atoms. The van der Waals surface area contributed by atoms with Crippen molar-refractivity contribution in [2.24, 2.45) is 0 Å². The van der Waals surface area contributed by atoms with Gasteiger partial charge in [0, 0.05) is 0 Å². The Bertz CT molecular complexity index is 787. The van der Waals surface area contributed by atoms with E-state index in [1.165, 1.54) is 5.57 Å². The van der Waals surface area contributed by atoms with E-state index in [9.17, 15) is 5.11 Å². The van der Waals surface area contributed by atoms with Gasteiger partial charge in [0.2, 0.25) is 0 Å². The minimum Gasteiger partial charge on any atom is -0.497 e. The van der Waals surface area contributed by atoms with E-state index < -0.39 is 0 Å². The normalized spacial score (nSPS) is 23.8. The molecule has 0 amide bonds. The maximum Gasteiger partial charge on any atom is 0.118 e. The van der Waals surface area contributed by atoms with Gasteiger partial charge in [0.05, 0.1) is 45.7 Å². The van der Waals surface area contributed by atoms with Crippen LogP contribution in [0.5, 0.6) is 5.75 Å². The number of rotatable bonds is 9. The van der Waals surface area contributed by atoms with Crippen LogP contribution in [-0.4, -0.2) is 43.7 Å². The van der Waals surface area contributed by atoms with Gasteiger partial charge in [-0.15, -0.1) is 0 Å². The van der Waals surface area contributed by atoms with Crippen LogP contribution in [0.15, 0.2) is 66.2 Å². The zero-order valence-electron chi connectivity index (χ0n) is 18.5. The summed E-state index contributed by atoms with van der Waals surface area (Å²) in [5.74, 6) is 0.821. The third kappa shape index (κ3) is 7.78. The van der Waals surface area contributed by atoms with E-state index in [0.717, 1.165) is 36.1 Å². The summed E-state index contributed by atoms with van der Waals surface area (Å²) in [4.78, 5) is 0. The first-order valence-corrected chi connectivity index (χ1v) is 11.0. The van der Waals surface area contributed by atoms with E-state index in [4.69, 9.17) is 18.9 Å². The molecule has 0 radical (unpaired) electrons. The van der Waals surface area contributed by atoms with Crippen molar-refractivity contribution in [1.29, 1.82) is 0 Å². The van der Waals surface area contributed by atoms with Crippen LogP contribution < -0.4 is 4.74 Å². The summed E-state index contributed by atoms with van der Waals surface area (Å²) in [5, 5.41) is 10.0. The minimum absolute atomic E-state index is 0.0818. The molecule has 0 aliphatic carbocycles. The number of allylic oxidation sites excluding steroid dienone is 1. The van der Waals surface area contributed by atoms with Crippen molar-refractivity contribution in [3.8, 4) is 5.75 Å². The first-order chi connectivity index (χ1) is 15.2. The van der Waals surface area contributed by atoms with Crippen LogP contribution in [0.25, 0.3) is 0 Å². The molecule has 1 aliphatic heterocycles. The fourth-order valence-electron chi connectivity index (χ4n) is 3.76. The monoisotopic (exact) mass is 426 g/mol. The van der Waals surface area contributed by atoms with Crippen LogP contribution in [0, 0.1) is 0 Å². The fourth-order valence-corrected chi connectivity index (χ4v) is 3.76. The molecule has 1 aliphatic rings. The van der Waals surface area contributed by atoms with E-state index in [-0.39, 0.29) is 24.9 Å². The quantitative estimate of drug-likeness (QED) is 0.591. The number of aliphatic hydroxyl groups excluding tert-OH is 1. The Morgan fingerprint density at radius 2 is 1.74 bits per heavy atom.